The summed E-state index contributed by atoms with van der Waals surface area (Å²) >= 11 is 0. The zero-order chi connectivity index (χ0) is 13.9. The summed E-state index contributed by atoms with van der Waals surface area (Å²) in [5.74, 6) is 3.50. The van der Waals surface area contributed by atoms with Gasteiger partial charge in [-0.15, -0.1) is 0 Å². The second-order valence-corrected chi connectivity index (χ2v) is 5.97. The van der Waals surface area contributed by atoms with Crippen LogP contribution in [0.15, 0.2) is 0 Å². The Kier molecular flexibility index (Phi) is 4.20. The smallest absolute Gasteiger partial charge is 0.135 e. The van der Waals surface area contributed by atoms with Crippen LogP contribution in [-0.4, -0.2) is 23.1 Å². The third-order valence-electron chi connectivity index (χ3n) is 4.67. The van der Waals surface area contributed by atoms with Crippen LogP contribution in [0.5, 0.6) is 0 Å². The van der Waals surface area contributed by atoms with E-state index in [0.29, 0.717) is 12.5 Å². The molecule has 1 fully saturated rings. The molecule has 1 saturated carbocycles. The van der Waals surface area contributed by atoms with Crippen molar-refractivity contribution in [3.05, 3.63) is 17.1 Å². The van der Waals surface area contributed by atoms with Crippen LogP contribution in [0.4, 0.5) is 5.82 Å². The lowest BCUT2D eigenvalue weighted by atomic mass is 10.0. The first-order valence-electron chi connectivity index (χ1n) is 8.03. The van der Waals surface area contributed by atoms with Gasteiger partial charge in [-0.25, -0.2) is 9.97 Å². The number of nitrogens with one attached hydrogen (secondary N) is 1. The molecule has 4 heteroatoms. The number of aromatic nitrogens is 2. The van der Waals surface area contributed by atoms with Gasteiger partial charge >= 0.3 is 0 Å². The van der Waals surface area contributed by atoms with Gasteiger partial charge in [0.1, 0.15) is 11.6 Å². The lowest BCUT2D eigenvalue weighted by Gasteiger charge is -2.21. The minimum atomic E-state index is 0.561. The standard InChI is InChI=1S/C16H25N3O/c1-3-11-5-6-12(9-11)15-18-14-7-8-20-10-13(14)16(19-15)17-4-2/h11-12H,3-10H2,1-2H3,(H,17,18,19). The molecule has 110 valence electrons. The van der Waals surface area contributed by atoms with E-state index in [1.54, 1.807) is 0 Å². The summed E-state index contributed by atoms with van der Waals surface area (Å²) in [6.45, 7) is 6.74. The molecule has 1 aliphatic carbocycles. The van der Waals surface area contributed by atoms with Gasteiger partial charge in [0.25, 0.3) is 0 Å². The minimum absolute atomic E-state index is 0.561. The molecule has 0 radical (unpaired) electrons. The fraction of sp³-hybridized carbons (Fsp3) is 0.750. The van der Waals surface area contributed by atoms with Gasteiger partial charge in [-0.3, -0.25) is 0 Å². The number of rotatable bonds is 4. The summed E-state index contributed by atoms with van der Waals surface area (Å²) in [6, 6.07) is 0. The van der Waals surface area contributed by atoms with Crippen molar-refractivity contribution in [3.8, 4) is 0 Å². The van der Waals surface area contributed by atoms with Crippen LogP contribution in [0.3, 0.4) is 0 Å². The van der Waals surface area contributed by atoms with Crippen molar-refractivity contribution in [1.82, 2.24) is 9.97 Å². The number of ether oxygens (including phenoxy) is 1. The molecule has 2 heterocycles. The van der Waals surface area contributed by atoms with Crippen molar-refractivity contribution in [2.24, 2.45) is 5.92 Å². The molecule has 4 nitrogen and oxygen atoms in total. The van der Waals surface area contributed by atoms with E-state index in [9.17, 15) is 0 Å². The SMILES string of the molecule is CCNc1nc(C2CCC(CC)C2)nc2c1COCC2. The Balaban J connectivity index is 1.89. The van der Waals surface area contributed by atoms with Crippen molar-refractivity contribution >= 4 is 5.82 Å². The number of hydrogen-bond donors (Lipinski definition) is 1. The predicted molar refractivity (Wildman–Crippen MR) is 79.9 cm³/mol. The highest BCUT2D eigenvalue weighted by Crippen LogP contribution is 2.39. The number of anilines is 1. The Morgan fingerprint density at radius 2 is 2.15 bits per heavy atom. The molecule has 0 bridgehead atoms. The van der Waals surface area contributed by atoms with E-state index >= 15 is 0 Å². The van der Waals surface area contributed by atoms with E-state index in [-0.39, 0.29) is 0 Å². The predicted octanol–water partition coefficient (Wildman–Crippen LogP) is 3.27. The van der Waals surface area contributed by atoms with Crippen molar-refractivity contribution in [2.45, 2.75) is 58.5 Å². The molecule has 0 spiro atoms. The molecule has 1 aromatic rings. The van der Waals surface area contributed by atoms with Crippen LogP contribution >= 0.6 is 0 Å². The Morgan fingerprint density at radius 1 is 1.25 bits per heavy atom. The van der Waals surface area contributed by atoms with E-state index in [1.807, 2.05) is 0 Å². The van der Waals surface area contributed by atoms with Gasteiger partial charge in [-0.05, 0) is 32.1 Å². The first-order valence-corrected chi connectivity index (χ1v) is 8.03. The molecule has 1 aliphatic heterocycles. The third-order valence-corrected chi connectivity index (χ3v) is 4.67. The van der Waals surface area contributed by atoms with E-state index in [1.165, 1.54) is 36.9 Å². The third kappa shape index (κ3) is 2.66. The lowest BCUT2D eigenvalue weighted by Crippen LogP contribution is -2.19. The van der Waals surface area contributed by atoms with E-state index in [4.69, 9.17) is 14.7 Å². The minimum Gasteiger partial charge on any atom is -0.376 e. The maximum Gasteiger partial charge on any atom is 0.135 e. The maximum absolute atomic E-state index is 5.56. The highest BCUT2D eigenvalue weighted by molar-refractivity contribution is 5.47. The monoisotopic (exact) mass is 275 g/mol. The molecule has 2 aliphatic rings. The Hall–Kier alpha value is -1.16. The summed E-state index contributed by atoms with van der Waals surface area (Å²) < 4.78 is 5.56. The summed E-state index contributed by atoms with van der Waals surface area (Å²) in [5.41, 5.74) is 2.38. The first-order chi connectivity index (χ1) is 9.81. The molecular formula is C16H25N3O. The summed E-state index contributed by atoms with van der Waals surface area (Å²) in [4.78, 5) is 9.70. The van der Waals surface area contributed by atoms with Gasteiger partial charge in [-0.1, -0.05) is 13.3 Å². The molecule has 0 aromatic carbocycles. The van der Waals surface area contributed by atoms with Gasteiger partial charge in [0, 0.05) is 24.4 Å². The highest BCUT2D eigenvalue weighted by atomic mass is 16.5. The molecule has 2 unspecified atom stereocenters. The van der Waals surface area contributed by atoms with Gasteiger partial charge in [-0.2, -0.15) is 0 Å². The van der Waals surface area contributed by atoms with Crippen molar-refractivity contribution in [3.63, 3.8) is 0 Å². The van der Waals surface area contributed by atoms with Crippen LogP contribution < -0.4 is 5.32 Å². The quantitative estimate of drug-likeness (QED) is 0.916. The molecular weight excluding hydrogens is 250 g/mol. The summed E-state index contributed by atoms with van der Waals surface area (Å²) in [6.07, 6.45) is 6.06. The fourth-order valence-electron chi connectivity index (χ4n) is 3.43. The Morgan fingerprint density at radius 3 is 2.90 bits per heavy atom. The average molecular weight is 275 g/mol. The first kappa shape index (κ1) is 13.8. The number of fused-ring (bicyclic) bond motifs is 1. The molecule has 0 amide bonds. The van der Waals surface area contributed by atoms with Gasteiger partial charge in [0.05, 0.1) is 18.9 Å². The molecule has 1 N–H and O–H groups in total. The van der Waals surface area contributed by atoms with Crippen molar-refractivity contribution in [2.75, 3.05) is 18.5 Å². The zero-order valence-electron chi connectivity index (χ0n) is 12.6. The number of nitrogens with zero attached hydrogens (tertiary/aromatic N) is 2. The Bertz CT molecular complexity index is 475. The molecule has 20 heavy (non-hydrogen) atoms. The van der Waals surface area contributed by atoms with Crippen molar-refractivity contribution in [1.29, 1.82) is 0 Å². The van der Waals surface area contributed by atoms with E-state index < -0.39 is 0 Å². The van der Waals surface area contributed by atoms with Crippen LogP contribution in [0.2, 0.25) is 0 Å². The topological polar surface area (TPSA) is 47.0 Å². The zero-order valence-corrected chi connectivity index (χ0v) is 12.6. The van der Waals surface area contributed by atoms with Crippen LogP contribution in [0, 0.1) is 5.92 Å². The highest BCUT2D eigenvalue weighted by Gasteiger charge is 2.28. The normalized spacial score (nSPS) is 25.5. The van der Waals surface area contributed by atoms with Gasteiger partial charge < -0.3 is 10.1 Å². The van der Waals surface area contributed by atoms with Crippen molar-refractivity contribution < 1.29 is 4.74 Å². The fourth-order valence-corrected chi connectivity index (χ4v) is 3.43. The molecule has 2 atom stereocenters. The largest absolute Gasteiger partial charge is 0.376 e. The lowest BCUT2D eigenvalue weighted by molar-refractivity contribution is 0.109. The summed E-state index contributed by atoms with van der Waals surface area (Å²) in [7, 11) is 0. The second-order valence-electron chi connectivity index (χ2n) is 5.97. The molecule has 1 aromatic heterocycles. The van der Waals surface area contributed by atoms with Crippen LogP contribution in [-0.2, 0) is 17.8 Å². The molecule has 3 rings (SSSR count). The maximum atomic E-state index is 5.56. The number of hydrogen-bond acceptors (Lipinski definition) is 4. The summed E-state index contributed by atoms with van der Waals surface area (Å²) in [5, 5.41) is 3.39. The van der Waals surface area contributed by atoms with Crippen LogP contribution in [0.1, 0.15) is 62.5 Å². The molecule has 0 saturated heterocycles. The van der Waals surface area contributed by atoms with E-state index in [2.05, 4.69) is 19.2 Å². The average Bonchev–Trinajstić information content (AvgIpc) is 2.96. The van der Waals surface area contributed by atoms with Gasteiger partial charge in [0.15, 0.2) is 0 Å². The Labute approximate surface area is 121 Å². The van der Waals surface area contributed by atoms with Gasteiger partial charge in [0.2, 0.25) is 0 Å². The van der Waals surface area contributed by atoms with E-state index in [0.717, 1.165) is 37.1 Å². The van der Waals surface area contributed by atoms with Crippen LogP contribution in [0.25, 0.3) is 0 Å². The second kappa shape index (κ2) is 6.08.